The van der Waals surface area contributed by atoms with E-state index in [0.29, 0.717) is 11.3 Å². The molecule has 0 unspecified atom stereocenters. The Morgan fingerprint density at radius 2 is 1.68 bits per heavy atom. The number of carbonyl (C=O) groups excluding carboxylic acids is 1. The summed E-state index contributed by atoms with van der Waals surface area (Å²) in [5.74, 6) is 1.46. The zero-order valence-corrected chi connectivity index (χ0v) is 21.3. The monoisotopic (exact) mass is 437 g/mol. The fourth-order valence-corrected chi connectivity index (χ4v) is 4.97. The molecule has 0 aromatic heterocycles. The van der Waals surface area contributed by atoms with E-state index in [-0.39, 0.29) is 10.6 Å². The van der Waals surface area contributed by atoms with Crippen LogP contribution in [-0.2, 0) is 0 Å². The van der Waals surface area contributed by atoms with E-state index in [1.807, 2.05) is 24.3 Å². The van der Waals surface area contributed by atoms with Gasteiger partial charge in [0.25, 0.3) is 8.32 Å². The number of allylic oxidation sites excluding steroid dienone is 1. The molecule has 4 nitrogen and oxygen atoms in total. The predicted octanol–water partition coefficient (Wildman–Crippen LogP) is 7.17. The first-order chi connectivity index (χ1) is 14.3. The number of anilines is 1. The van der Waals surface area contributed by atoms with Crippen LogP contribution in [0.5, 0.6) is 11.5 Å². The molecule has 1 N–H and O–H groups in total. The van der Waals surface area contributed by atoms with Crippen LogP contribution in [0, 0.1) is 0 Å². The van der Waals surface area contributed by atoms with Crippen LogP contribution in [-0.4, -0.2) is 27.3 Å². The summed E-state index contributed by atoms with van der Waals surface area (Å²) in [4.78, 5) is 12.4. The highest BCUT2D eigenvalue weighted by Crippen LogP contribution is 2.47. The maximum absolute atomic E-state index is 12.4. The van der Waals surface area contributed by atoms with Crippen LogP contribution >= 0.6 is 0 Å². The third kappa shape index (κ3) is 4.29. The van der Waals surface area contributed by atoms with Crippen LogP contribution in [0.3, 0.4) is 0 Å². The molecule has 1 aliphatic rings. The van der Waals surface area contributed by atoms with Crippen molar-refractivity contribution >= 4 is 25.9 Å². The Morgan fingerprint density at radius 1 is 1.03 bits per heavy atom. The highest BCUT2D eigenvalue weighted by atomic mass is 28.4. The Morgan fingerprint density at radius 3 is 2.26 bits per heavy atom. The van der Waals surface area contributed by atoms with E-state index in [4.69, 9.17) is 9.16 Å². The topological polar surface area (TPSA) is 47.6 Å². The van der Waals surface area contributed by atoms with E-state index in [1.54, 1.807) is 7.11 Å². The van der Waals surface area contributed by atoms with Crippen molar-refractivity contribution in [1.82, 2.24) is 0 Å². The van der Waals surface area contributed by atoms with Gasteiger partial charge in [0.2, 0.25) is 0 Å². The lowest BCUT2D eigenvalue weighted by Gasteiger charge is -2.37. The highest BCUT2D eigenvalue weighted by molar-refractivity contribution is 6.74. The minimum Gasteiger partial charge on any atom is -0.543 e. The van der Waals surface area contributed by atoms with Crippen molar-refractivity contribution in [3.63, 3.8) is 0 Å². The van der Waals surface area contributed by atoms with E-state index in [1.165, 1.54) is 0 Å². The van der Waals surface area contributed by atoms with E-state index in [9.17, 15) is 4.79 Å². The van der Waals surface area contributed by atoms with Gasteiger partial charge in [0.05, 0.1) is 18.2 Å². The lowest BCUT2D eigenvalue weighted by Crippen LogP contribution is -2.44. The van der Waals surface area contributed by atoms with Gasteiger partial charge < -0.3 is 14.5 Å². The summed E-state index contributed by atoms with van der Waals surface area (Å²) < 4.78 is 12.4. The molecule has 0 fully saturated rings. The number of hydrogen-bond acceptors (Lipinski definition) is 4. The van der Waals surface area contributed by atoms with Gasteiger partial charge in [0.1, 0.15) is 11.5 Å². The van der Waals surface area contributed by atoms with Crippen LogP contribution < -0.4 is 14.5 Å². The van der Waals surface area contributed by atoms with Crippen LogP contribution in [0.1, 0.15) is 57.5 Å². The van der Waals surface area contributed by atoms with Crippen LogP contribution in [0.4, 0.5) is 5.69 Å². The second kappa shape index (κ2) is 7.86. The van der Waals surface area contributed by atoms with Crippen molar-refractivity contribution in [3.8, 4) is 22.6 Å². The largest absolute Gasteiger partial charge is 0.543 e. The van der Waals surface area contributed by atoms with Crippen molar-refractivity contribution in [2.45, 2.75) is 65.2 Å². The third-order valence-electron chi connectivity index (χ3n) is 6.44. The van der Waals surface area contributed by atoms with Crippen molar-refractivity contribution in [3.05, 3.63) is 47.5 Å². The molecule has 0 radical (unpaired) electrons. The average molecular weight is 438 g/mol. The molecular weight excluding hydrogens is 402 g/mol. The highest BCUT2D eigenvalue weighted by Gasteiger charge is 2.40. The second-order valence-corrected chi connectivity index (χ2v) is 15.2. The van der Waals surface area contributed by atoms with Gasteiger partial charge in [0.15, 0.2) is 6.29 Å². The fourth-order valence-electron chi connectivity index (χ4n) is 3.95. The number of carbonyl (C=O) groups is 1. The molecule has 0 aliphatic carbocycles. The zero-order valence-electron chi connectivity index (χ0n) is 20.3. The van der Waals surface area contributed by atoms with E-state index < -0.39 is 8.32 Å². The van der Waals surface area contributed by atoms with Gasteiger partial charge in [-0.2, -0.15) is 0 Å². The molecule has 2 aromatic carbocycles. The third-order valence-corrected chi connectivity index (χ3v) is 10.8. The first-order valence-corrected chi connectivity index (χ1v) is 13.7. The SMILES string of the molecule is COc1cccc(O[Si](C)(C)C(C)(C)C)c1-c1ccc2c(c1C=O)C(C)=CC(C)(C)N2. The molecule has 0 bridgehead atoms. The van der Waals surface area contributed by atoms with Gasteiger partial charge in [-0.15, -0.1) is 0 Å². The molecule has 166 valence electrons. The number of aldehydes is 1. The molecule has 0 spiro atoms. The lowest BCUT2D eigenvalue weighted by molar-refractivity contribution is 0.112. The number of rotatable bonds is 5. The molecule has 3 rings (SSSR count). The summed E-state index contributed by atoms with van der Waals surface area (Å²) in [5, 5.41) is 3.58. The molecule has 1 aliphatic heterocycles. The molecule has 0 amide bonds. The summed E-state index contributed by atoms with van der Waals surface area (Å²) in [5.41, 5.74) is 5.14. The van der Waals surface area contributed by atoms with Gasteiger partial charge >= 0.3 is 0 Å². The normalized spacial score (nSPS) is 15.5. The number of ether oxygens (including phenoxy) is 1. The van der Waals surface area contributed by atoms with E-state index in [0.717, 1.165) is 40.0 Å². The molecule has 2 aromatic rings. The number of nitrogens with one attached hydrogen (secondary N) is 1. The first-order valence-electron chi connectivity index (χ1n) is 10.8. The molecular formula is C26H35NO3Si. The smallest absolute Gasteiger partial charge is 0.250 e. The molecule has 0 saturated carbocycles. The Bertz CT molecular complexity index is 1050. The number of hydrogen-bond donors (Lipinski definition) is 1. The summed E-state index contributed by atoms with van der Waals surface area (Å²) >= 11 is 0. The molecule has 5 heteroatoms. The maximum atomic E-state index is 12.4. The second-order valence-electron chi connectivity index (χ2n) is 10.4. The Kier molecular flexibility index (Phi) is 5.87. The van der Waals surface area contributed by atoms with E-state index in [2.05, 4.69) is 72.1 Å². The van der Waals surface area contributed by atoms with Crippen LogP contribution in [0.2, 0.25) is 18.1 Å². The summed E-state index contributed by atoms with van der Waals surface area (Å²) in [7, 11) is -0.446. The van der Waals surface area contributed by atoms with Gasteiger partial charge in [-0.3, -0.25) is 4.79 Å². The Hall–Kier alpha value is -2.53. The van der Waals surface area contributed by atoms with Crippen LogP contribution in [0.15, 0.2) is 36.4 Å². The predicted molar refractivity (Wildman–Crippen MR) is 133 cm³/mol. The Labute approximate surface area is 187 Å². The summed E-state index contributed by atoms with van der Waals surface area (Å²) in [6, 6.07) is 9.90. The summed E-state index contributed by atoms with van der Waals surface area (Å²) in [6.07, 6.45) is 3.12. The van der Waals surface area contributed by atoms with E-state index >= 15 is 0 Å². The molecule has 1 heterocycles. The standard InChI is InChI=1S/C26H35NO3Si/c1-17-15-26(5,6)27-20-14-13-18(19(16-28)23(17)20)24-21(29-7)11-10-12-22(24)30-31(8,9)25(2,3)4/h10-16,27H,1-9H3. The van der Waals surface area contributed by atoms with Gasteiger partial charge in [-0.05, 0) is 62.7 Å². The van der Waals surface area contributed by atoms with Gasteiger partial charge in [-0.25, -0.2) is 0 Å². The van der Waals surface area contributed by atoms with Crippen molar-refractivity contribution in [2.24, 2.45) is 0 Å². The average Bonchev–Trinajstić information content (AvgIpc) is 2.65. The lowest BCUT2D eigenvalue weighted by atomic mass is 9.85. The Balaban J connectivity index is 2.27. The first kappa shape index (κ1) is 23.1. The van der Waals surface area contributed by atoms with Crippen molar-refractivity contribution in [1.29, 1.82) is 0 Å². The molecule has 0 atom stereocenters. The molecule has 0 saturated heterocycles. The quantitative estimate of drug-likeness (QED) is 0.398. The minimum atomic E-state index is -2.10. The summed E-state index contributed by atoms with van der Waals surface area (Å²) in [6.45, 7) is 17.4. The molecule has 31 heavy (non-hydrogen) atoms. The number of benzene rings is 2. The van der Waals surface area contributed by atoms with Crippen molar-refractivity contribution in [2.75, 3.05) is 12.4 Å². The van der Waals surface area contributed by atoms with Gasteiger partial charge in [-0.1, -0.05) is 39.0 Å². The maximum Gasteiger partial charge on any atom is 0.250 e. The van der Waals surface area contributed by atoms with Crippen molar-refractivity contribution < 1.29 is 14.0 Å². The zero-order chi connectivity index (χ0) is 23.2. The fraction of sp³-hybridized carbons (Fsp3) is 0.423. The number of methoxy groups -OCH3 is 1. The van der Waals surface area contributed by atoms with Gasteiger partial charge in [0, 0.05) is 22.4 Å². The number of fused-ring (bicyclic) bond motifs is 1. The minimum absolute atomic E-state index is 0.0471. The van der Waals surface area contributed by atoms with Crippen LogP contribution in [0.25, 0.3) is 16.7 Å².